The van der Waals surface area contributed by atoms with Gasteiger partial charge in [-0.1, -0.05) is 45.4 Å². The van der Waals surface area contributed by atoms with E-state index in [1.165, 1.54) is 44.9 Å². The van der Waals surface area contributed by atoms with Crippen LogP contribution in [0.3, 0.4) is 0 Å². The molecule has 1 fully saturated rings. The maximum atomic E-state index is 5.58. The number of unbranched alkanes of at least 4 members (excludes halogenated alkanes) is 6. The van der Waals surface area contributed by atoms with E-state index < -0.39 is 0 Å². The molecule has 2 atom stereocenters. The van der Waals surface area contributed by atoms with Gasteiger partial charge in [0.1, 0.15) is 0 Å². The van der Waals surface area contributed by atoms with Crippen LogP contribution in [0.15, 0.2) is 0 Å². The average Bonchev–Trinajstić information content (AvgIpc) is 2.63. The molecule has 0 saturated carbocycles. The van der Waals surface area contributed by atoms with E-state index in [0.717, 1.165) is 13.0 Å². The van der Waals surface area contributed by atoms with Crippen LogP contribution in [0, 0.1) is 0 Å². The lowest BCUT2D eigenvalue weighted by atomic mass is 10.1. The first-order valence-corrected chi connectivity index (χ1v) is 6.60. The Morgan fingerprint density at radius 2 is 1.67 bits per heavy atom. The van der Waals surface area contributed by atoms with Gasteiger partial charge in [-0.05, 0) is 19.8 Å². The molecule has 0 aromatic rings. The van der Waals surface area contributed by atoms with Gasteiger partial charge < -0.3 is 9.47 Å². The molecule has 0 N–H and O–H groups in total. The fraction of sp³-hybridized carbons (Fsp3) is 1.00. The van der Waals surface area contributed by atoms with Crippen LogP contribution in [-0.2, 0) is 9.47 Å². The monoisotopic (exact) mass is 214 g/mol. The summed E-state index contributed by atoms with van der Waals surface area (Å²) in [6.45, 7) is 5.11. The summed E-state index contributed by atoms with van der Waals surface area (Å²) in [4.78, 5) is 0. The van der Waals surface area contributed by atoms with Crippen molar-refractivity contribution in [1.82, 2.24) is 0 Å². The molecule has 0 unspecified atom stereocenters. The van der Waals surface area contributed by atoms with Gasteiger partial charge >= 0.3 is 0 Å². The van der Waals surface area contributed by atoms with E-state index in [1.54, 1.807) is 0 Å². The van der Waals surface area contributed by atoms with E-state index in [-0.39, 0.29) is 6.29 Å². The SMILES string of the molecule is CCCCCCCCC[C@@H]1OC[C@H](C)O1. The van der Waals surface area contributed by atoms with Crippen molar-refractivity contribution in [3.8, 4) is 0 Å². The van der Waals surface area contributed by atoms with Gasteiger partial charge in [0.2, 0.25) is 0 Å². The Bertz CT molecular complexity index is 147. The second kappa shape index (κ2) is 8.12. The largest absolute Gasteiger partial charge is 0.350 e. The molecule has 1 saturated heterocycles. The lowest BCUT2D eigenvalue weighted by molar-refractivity contribution is -0.0604. The van der Waals surface area contributed by atoms with Crippen LogP contribution in [0.25, 0.3) is 0 Å². The quantitative estimate of drug-likeness (QED) is 0.571. The average molecular weight is 214 g/mol. The smallest absolute Gasteiger partial charge is 0.158 e. The van der Waals surface area contributed by atoms with Crippen molar-refractivity contribution >= 4 is 0 Å². The third kappa shape index (κ3) is 6.16. The minimum Gasteiger partial charge on any atom is -0.350 e. The van der Waals surface area contributed by atoms with E-state index in [9.17, 15) is 0 Å². The van der Waals surface area contributed by atoms with Crippen LogP contribution in [0.4, 0.5) is 0 Å². The highest BCUT2D eigenvalue weighted by Gasteiger charge is 2.21. The maximum Gasteiger partial charge on any atom is 0.158 e. The minimum absolute atomic E-state index is 0.0932. The molecular formula is C13H26O2. The highest BCUT2D eigenvalue weighted by molar-refractivity contribution is 4.60. The summed E-state index contributed by atoms with van der Waals surface area (Å²) in [7, 11) is 0. The van der Waals surface area contributed by atoms with Gasteiger partial charge in [-0.2, -0.15) is 0 Å². The van der Waals surface area contributed by atoms with Gasteiger partial charge in [0.05, 0.1) is 12.7 Å². The van der Waals surface area contributed by atoms with E-state index in [1.807, 2.05) is 0 Å². The van der Waals surface area contributed by atoms with Gasteiger partial charge in [-0.25, -0.2) is 0 Å². The summed E-state index contributed by atoms with van der Waals surface area (Å²) in [5.41, 5.74) is 0. The summed E-state index contributed by atoms with van der Waals surface area (Å²) < 4.78 is 11.1. The molecule has 0 bridgehead atoms. The minimum atomic E-state index is 0.0932. The zero-order chi connectivity index (χ0) is 10.9. The standard InChI is InChI=1S/C13H26O2/c1-3-4-5-6-7-8-9-10-13-14-11-12(2)15-13/h12-13H,3-11H2,1-2H3/t12-,13+/m0/s1. The Labute approximate surface area is 94.3 Å². The van der Waals surface area contributed by atoms with Crippen LogP contribution >= 0.6 is 0 Å². The molecule has 1 aliphatic rings. The lowest BCUT2D eigenvalue weighted by Gasteiger charge is -2.09. The number of ether oxygens (including phenoxy) is 2. The Morgan fingerprint density at radius 3 is 2.27 bits per heavy atom. The third-order valence-electron chi connectivity index (χ3n) is 2.94. The molecule has 1 rings (SSSR count). The molecule has 2 heteroatoms. The molecule has 0 aromatic carbocycles. The zero-order valence-electron chi connectivity index (χ0n) is 10.3. The number of rotatable bonds is 8. The number of hydrogen-bond donors (Lipinski definition) is 0. The van der Waals surface area contributed by atoms with Crippen molar-refractivity contribution in [3.05, 3.63) is 0 Å². The first-order valence-electron chi connectivity index (χ1n) is 6.60. The Balaban J connectivity index is 1.81. The molecule has 1 aliphatic heterocycles. The highest BCUT2D eigenvalue weighted by Crippen LogP contribution is 2.17. The van der Waals surface area contributed by atoms with Gasteiger partial charge in [0.25, 0.3) is 0 Å². The Hall–Kier alpha value is -0.0800. The summed E-state index contributed by atoms with van der Waals surface area (Å²) in [5, 5.41) is 0. The fourth-order valence-corrected chi connectivity index (χ4v) is 2.00. The van der Waals surface area contributed by atoms with Crippen molar-refractivity contribution in [2.45, 2.75) is 77.6 Å². The zero-order valence-corrected chi connectivity index (χ0v) is 10.3. The van der Waals surface area contributed by atoms with Gasteiger partial charge in [0.15, 0.2) is 6.29 Å². The van der Waals surface area contributed by atoms with Gasteiger partial charge in [0, 0.05) is 0 Å². The molecule has 1 heterocycles. The summed E-state index contributed by atoms with van der Waals surface area (Å²) in [6.07, 6.45) is 11.0. The predicted molar refractivity (Wildman–Crippen MR) is 62.9 cm³/mol. The van der Waals surface area contributed by atoms with Crippen molar-refractivity contribution in [3.63, 3.8) is 0 Å². The second-order valence-corrected chi connectivity index (χ2v) is 4.62. The fourth-order valence-electron chi connectivity index (χ4n) is 2.00. The van der Waals surface area contributed by atoms with E-state index >= 15 is 0 Å². The van der Waals surface area contributed by atoms with E-state index in [2.05, 4.69) is 13.8 Å². The van der Waals surface area contributed by atoms with Crippen LogP contribution in [-0.4, -0.2) is 19.0 Å². The van der Waals surface area contributed by atoms with Crippen LogP contribution in [0.1, 0.15) is 65.2 Å². The molecule has 0 amide bonds. The van der Waals surface area contributed by atoms with Crippen molar-refractivity contribution in [1.29, 1.82) is 0 Å². The molecular weight excluding hydrogens is 188 g/mol. The molecule has 0 spiro atoms. The van der Waals surface area contributed by atoms with Crippen molar-refractivity contribution in [2.75, 3.05) is 6.61 Å². The van der Waals surface area contributed by atoms with Crippen molar-refractivity contribution in [2.24, 2.45) is 0 Å². The second-order valence-electron chi connectivity index (χ2n) is 4.62. The summed E-state index contributed by atoms with van der Waals surface area (Å²) in [6, 6.07) is 0. The van der Waals surface area contributed by atoms with E-state index in [4.69, 9.17) is 9.47 Å². The molecule has 0 aromatic heterocycles. The van der Waals surface area contributed by atoms with Gasteiger partial charge in [-0.15, -0.1) is 0 Å². The maximum absolute atomic E-state index is 5.58. The molecule has 2 nitrogen and oxygen atoms in total. The van der Waals surface area contributed by atoms with Crippen LogP contribution in [0.5, 0.6) is 0 Å². The number of hydrogen-bond acceptors (Lipinski definition) is 2. The Morgan fingerprint density at radius 1 is 1.00 bits per heavy atom. The molecule has 0 aliphatic carbocycles. The Kier molecular flexibility index (Phi) is 7.03. The van der Waals surface area contributed by atoms with Crippen LogP contribution in [0.2, 0.25) is 0 Å². The summed E-state index contributed by atoms with van der Waals surface area (Å²) in [5.74, 6) is 0. The van der Waals surface area contributed by atoms with Crippen molar-refractivity contribution < 1.29 is 9.47 Å². The van der Waals surface area contributed by atoms with Crippen LogP contribution < -0.4 is 0 Å². The van der Waals surface area contributed by atoms with Gasteiger partial charge in [-0.3, -0.25) is 0 Å². The highest BCUT2D eigenvalue weighted by atomic mass is 16.7. The predicted octanol–water partition coefficient (Wildman–Crippen LogP) is 3.89. The lowest BCUT2D eigenvalue weighted by Crippen LogP contribution is -2.08. The first-order chi connectivity index (χ1) is 7.33. The van der Waals surface area contributed by atoms with E-state index in [0.29, 0.717) is 6.10 Å². The molecule has 0 radical (unpaired) electrons. The molecule has 15 heavy (non-hydrogen) atoms. The molecule has 90 valence electrons. The normalized spacial score (nSPS) is 26.0. The summed E-state index contributed by atoms with van der Waals surface area (Å²) >= 11 is 0. The topological polar surface area (TPSA) is 18.5 Å². The first kappa shape index (κ1) is 13.0. The third-order valence-corrected chi connectivity index (χ3v) is 2.94.